The Morgan fingerprint density at radius 1 is 0.492 bits per heavy atom. The van der Waals surface area contributed by atoms with Crippen LogP contribution in [0.5, 0.6) is 0 Å². The van der Waals surface area contributed by atoms with Crippen LogP contribution in [0.25, 0.3) is 0 Å². The second kappa shape index (κ2) is 39.5. The first-order valence-electron chi connectivity index (χ1n) is 25.1. The summed E-state index contributed by atoms with van der Waals surface area (Å²) in [6.07, 6.45) is 30.8. The molecule has 14 heteroatoms. The number of aliphatic hydroxyl groups excluding tert-OH is 5. The van der Waals surface area contributed by atoms with Gasteiger partial charge < -0.3 is 39.9 Å². The number of esters is 2. The number of ether oxygens (including phenoxy) is 2. The van der Waals surface area contributed by atoms with E-state index in [1.807, 2.05) is 0 Å². The predicted octanol–water partition coefficient (Wildman–Crippen LogP) is 10.4. The van der Waals surface area contributed by atoms with Gasteiger partial charge in [0.25, 0.3) is 0 Å². The molecule has 0 aliphatic heterocycles. The van der Waals surface area contributed by atoms with Crippen molar-refractivity contribution < 1.29 is 63.1 Å². The van der Waals surface area contributed by atoms with Gasteiger partial charge in [-0.15, -0.1) is 0 Å². The number of carbonyl (C=O) groups excluding carboxylic acids is 2. The van der Waals surface area contributed by atoms with Crippen molar-refractivity contribution in [2.45, 2.75) is 262 Å². The highest BCUT2D eigenvalue weighted by atomic mass is 31.2. The van der Waals surface area contributed by atoms with Gasteiger partial charge in [-0.25, -0.2) is 4.57 Å². The Morgan fingerprint density at radius 2 is 0.857 bits per heavy atom. The summed E-state index contributed by atoms with van der Waals surface area (Å²) in [4.78, 5) is 35.8. The Kier molecular flexibility index (Phi) is 37.2. The SMILES string of the molecule is CCCCC/C=C\C/C=C\CCCCCCCCCC(=O)OC[C@H](COP(=O)(O)OC1C(O)C(O)C(O)[C@@H](O)C1O)OC(=O)CCCCCCCCCCCCCCCCCCC. The van der Waals surface area contributed by atoms with Gasteiger partial charge in [0.2, 0.25) is 0 Å². The molecular weight excluding hydrogens is 827 g/mol. The first-order valence-corrected chi connectivity index (χ1v) is 26.6. The van der Waals surface area contributed by atoms with Crippen LogP contribution in [0, 0.1) is 0 Å². The number of hydrogen-bond acceptors (Lipinski definition) is 12. The quantitative estimate of drug-likeness (QED) is 0.0146. The molecule has 370 valence electrons. The molecule has 1 aliphatic rings. The van der Waals surface area contributed by atoms with E-state index in [0.29, 0.717) is 12.8 Å². The highest BCUT2D eigenvalue weighted by Gasteiger charge is 2.51. The highest BCUT2D eigenvalue weighted by molar-refractivity contribution is 7.47. The molecular formula is C49H91O13P. The number of rotatable bonds is 42. The molecule has 0 radical (unpaired) electrons. The lowest BCUT2D eigenvalue weighted by Gasteiger charge is -2.41. The van der Waals surface area contributed by atoms with E-state index in [1.54, 1.807) is 0 Å². The fourth-order valence-corrected chi connectivity index (χ4v) is 8.70. The first-order chi connectivity index (χ1) is 30.4. The molecule has 0 spiro atoms. The zero-order valence-electron chi connectivity index (χ0n) is 39.4. The van der Waals surface area contributed by atoms with Crippen LogP contribution in [0.4, 0.5) is 0 Å². The van der Waals surface area contributed by atoms with Gasteiger partial charge in [0, 0.05) is 12.8 Å². The van der Waals surface area contributed by atoms with Gasteiger partial charge in [-0.2, -0.15) is 0 Å². The van der Waals surface area contributed by atoms with E-state index >= 15 is 0 Å². The molecule has 1 rings (SSSR count). The summed E-state index contributed by atoms with van der Waals surface area (Å²) in [7, 11) is -5.12. The topological polar surface area (TPSA) is 210 Å². The molecule has 1 aliphatic carbocycles. The van der Waals surface area contributed by atoms with E-state index in [2.05, 4.69) is 38.2 Å². The fourth-order valence-electron chi connectivity index (χ4n) is 7.73. The molecule has 8 atom stereocenters. The summed E-state index contributed by atoms with van der Waals surface area (Å²) in [5.41, 5.74) is 0. The fraction of sp³-hybridized carbons (Fsp3) is 0.878. The van der Waals surface area contributed by atoms with Crippen molar-refractivity contribution in [3.63, 3.8) is 0 Å². The van der Waals surface area contributed by atoms with Crippen molar-refractivity contribution in [3.8, 4) is 0 Å². The largest absolute Gasteiger partial charge is 0.472 e. The number of allylic oxidation sites excluding steroid dienone is 4. The van der Waals surface area contributed by atoms with E-state index in [9.17, 15) is 44.6 Å². The molecule has 0 heterocycles. The lowest BCUT2D eigenvalue weighted by molar-refractivity contribution is -0.220. The normalized spacial score (nSPS) is 21.8. The Morgan fingerprint density at radius 3 is 1.32 bits per heavy atom. The molecule has 0 saturated heterocycles. The molecule has 0 amide bonds. The lowest BCUT2D eigenvalue weighted by Crippen LogP contribution is -2.64. The monoisotopic (exact) mass is 919 g/mol. The molecule has 0 aromatic carbocycles. The van der Waals surface area contributed by atoms with Gasteiger partial charge in [0.1, 0.15) is 43.2 Å². The maximum atomic E-state index is 12.8. The number of phosphoric acid groups is 1. The van der Waals surface area contributed by atoms with E-state index in [1.165, 1.54) is 116 Å². The zero-order valence-corrected chi connectivity index (χ0v) is 40.3. The minimum atomic E-state index is -5.12. The second-order valence-electron chi connectivity index (χ2n) is 17.7. The Balaban J connectivity index is 2.41. The van der Waals surface area contributed by atoms with Crippen molar-refractivity contribution in [2.75, 3.05) is 13.2 Å². The summed E-state index contributed by atoms with van der Waals surface area (Å²) in [6.45, 7) is 3.30. The zero-order chi connectivity index (χ0) is 46.4. The van der Waals surface area contributed by atoms with Gasteiger partial charge in [-0.05, 0) is 44.9 Å². The van der Waals surface area contributed by atoms with Crippen LogP contribution in [0.3, 0.4) is 0 Å². The average Bonchev–Trinajstić information content (AvgIpc) is 3.26. The molecule has 0 aromatic rings. The smallest absolute Gasteiger partial charge is 0.462 e. The molecule has 1 saturated carbocycles. The Hall–Kier alpha value is -1.67. The number of hydrogen-bond donors (Lipinski definition) is 6. The van der Waals surface area contributed by atoms with Gasteiger partial charge in [0.15, 0.2) is 6.10 Å². The molecule has 13 nitrogen and oxygen atoms in total. The van der Waals surface area contributed by atoms with Crippen molar-refractivity contribution in [1.29, 1.82) is 0 Å². The lowest BCUT2D eigenvalue weighted by atomic mass is 9.85. The molecule has 6 unspecified atom stereocenters. The van der Waals surface area contributed by atoms with Gasteiger partial charge >= 0.3 is 19.8 Å². The van der Waals surface area contributed by atoms with Crippen LogP contribution in [-0.4, -0.2) is 98.3 Å². The molecule has 0 aromatic heterocycles. The summed E-state index contributed by atoms with van der Waals surface area (Å²) in [6, 6.07) is 0. The average molecular weight is 919 g/mol. The number of phosphoric ester groups is 1. The van der Waals surface area contributed by atoms with Crippen LogP contribution in [-0.2, 0) is 32.7 Å². The van der Waals surface area contributed by atoms with Crippen molar-refractivity contribution in [3.05, 3.63) is 24.3 Å². The van der Waals surface area contributed by atoms with Crippen LogP contribution in [0.2, 0.25) is 0 Å². The van der Waals surface area contributed by atoms with E-state index in [4.69, 9.17) is 18.5 Å². The maximum Gasteiger partial charge on any atom is 0.472 e. The molecule has 0 bridgehead atoms. The number of aliphatic hydroxyl groups is 5. The van der Waals surface area contributed by atoms with Crippen LogP contribution in [0.1, 0.15) is 219 Å². The Bertz CT molecular complexity index is 1200. The summed E-state index contributed by atoms with van der Waals surface area (Å²) in [5.74, 6) is -1.10. The molecule has 6 N–H and O–H groups in total. The third-order valence-electron chi connectivity index (χ3n) is 11.8. The van der Waals surface area contributed by atoms with Crippen molar-refractivity contribution >= 4 is 19.8 Å². The summed E-state index contributed by atoms with van der Waals surface area (Å²) in [5, 5.41) is 50.2. The maximum absolute atomic E-state index is 12.8. The second-order valence-corrected chi connectivity index (χ2v) is 19.1. The van der Waals surface area contributed by atoms with E-state index < -0.39 is 75.7 Å². The van der Waals surface area contributed by atoms with Crippen LogP contribution in [0.15, 0.2) is 24.3 Å². The summed E-state index contributed by atoms with van der Waals surface area (Å²) >= 11 is 0. The van der Waals surface area contributed by atoms with Crippen LogP contribution >= 0.6 is 7.82 Å². The molecule has 1 fully saturated rings. The van der Waals surface area contributed by atoms with Crippen molar-refractivity contribution in [2.24, 2.45) is 0 Å². The Labute approximate surface area is 381 Å². The number of carbonyl (C=O) groups is 2. The standard InChI is InChI=1S/C49H91O13P/c1-3-5-7-9-11-13-15-17-19-21-23-25-27-29-31-33-35-37-42(50)59-39-41(40-60-63(57,58)62-49-47(55)45(53)44(52)46(54)48(49)56)61-43(51)38-36-34-32-30-28-26-24-22-20-18-16-14-12-10-8-6-4-2/h11,13,17,19,41,44-49,52-56H,3-10,12,14-16,18,20-40H2,1-2H3,(H,57,58)/b13-11-,19-17-/t41-,44?,45-,46?,47?,48?,49?/m1/s1. The minimum absolute atomic E-state index is 0.0997. The third kappa shape index (κ3) is 31.8. The minimum Gasteiger partial charge on any atom is -0.462 e. The highest BCUT2D eigenvalue weighted by Crippen LogP contribution is 2.47. The number of unbranched alkanes of at least 4 members (excludes halogenated alkanes) is 26. The van der Waals surface area contributed by atoms with E-state index in [0.717, 1.165) is 64.2 Å². The third-order valence-corrected chi connectivity index (χ3v) is 12.8. The summed E-state index contributed by atoms with van der Waals surface area (Å²) < 4.78 is 33.6. The van der Waals surface area contributed by atoms with Gasteiger partial charge in [-0.1, -0.05) is 186 Å². The van der Waals surface area contributed by atoms with Gasteiger partial charge in [-0.3, -0.25) is 18.6 Å². The van der Waals surface area contributed by atoms with Crippen LogP contribution < -0.4 is 0 Å². The van der Waals surface area contributed by atoms with Crippen molar-refractivity contribution in [1.82, 2.24) is 0 Å². The van der Waals surface area contributed by atoms with E-state index in [-0.39, 0.29) is 12.8 Å². The van der Waals surface area contributed by atoms with Gasteiger partial charge in [0.05, 0.1) is 6.61 Å². The molecule has 63 heavy (non-hydrogen) atoms. The first kappa shape index (κ1) is 59.3. The predicted molar refractivity (Wildman–Crippen MR) is 249 cm³/mol.